The van der Waals surface area contributed by atoms with E-state index in [1.807, 2.05) is 12.1 Å². The van der Waals surface area contributed by atoms with E-state index in [4.69, 9.17) is 0 Å². The maximum absolute atomic E-state index is 13.6. The van der Waals surface area contributed by atoms with Crippen molar-refractivity contribution < 1.29 is 8.60 Å². The van der Waals surface area contributed by atoms with Crippen LogP contribution in [0.25, 0.3) is 0 Å². The third kappa shape index (κ3) is 2.60. The summed E-state index contributed by atoms with van der Waals surface area (Å²) in [5, 5.41) is 0. The molecule has 0 aliphatic carbocycles. The van der Waals surface area contributed by atoms with Gasteiger partial charge in [0.1, 0.15) is 5.82 Å². The summed E-state index contributed by atoms with van der Waals surface area (Å²) in [6.45, 7) is 0. The number of halogens is 1. The van der Waals surface area contributed by atoms with E-state index in [0.29, 0.717) is 10.6 Å². The van der Waals surface area contributed by atoms with Crippen molar-refractivity contribution in [3.05, 3.63) is 59.9 Å². The van der Waals surface area contributed by atoms with Gasteiger partial charge in [-0.2, -0.15) is 0 Å². The smallest absolute Gasteiger partial charge is 0.139 e. The van der Waals surface area contributed by atoms with Crippen molar-refractivity contribution in [2.45, 2.75) is 15.7 Å². The number of hydrogen-bond acceptors (Lipinski definition) is 2. The molecule has 1 aliphatic heterocycles. The molecule has 0 spiro atoms. The molecule has 0 radical (unpaired) electrons. The third-order valence-corrected chi connectivity index (χ3v) is 6.01. The van der Waals surface area contributed by atoms with Crippen LogP contribution < -0.4 is 0 Å². The van der Waals surface area contributed by atoms with E-state index < -0.39 is 10.8 Å². The van der Waals surface area contributed by atoms with E-state index >= 15 is 0 Å². The minimum Gasteiger partial charge on any atom is -0.254 e. The topological polar surface area (TPSA) is 17.1 Å². The number of benzene rings is 2. The van der Waals surface area contributed by atoms with Crippen LogP contribution in [0.5, 0.6) is 0 Å². The van der Waals surface area contributed by atoms with Crippen LogP contribution in [0.4, 0.5) is 4.39 Å². The summed E-state index contributed by atoms with van der Waals surface area (Å²) in [4.78, 5) is 1.58. The maximum Gasteiger partial charge on any atom is 0.139 e. The van der Waals surface area contributed by atoms with E-state index in [1.54, 1.807) is 30.0 Å². The molecule has 0 amide bonds. The van der Waals surface area contributed by atoms with Crippen LogP contribution in [-0.4, -0.2) is 15.7 Å². The summed E-state index contributed by atoms with van der Waals surface area (Å²) in [5.74, 6) is 1.30. The molecule has 19 heavy (non-hydrogen) atoms. The van der Waals surface area contributed by atoms with Crippen molar-refractivity contribution in [3.8, 4) is 0 Å². The molecule has 0 fully saturated rings. The predicted octanol–water partition coefficient (Wildman–Crippen LogP) is 3.82. The molecule has 3 rings (SSSR count). The molecule has 2 unspecified atom stereocenters. The van der Waals surface area contributed by atoms with Gasteiger partial charge in [0.25, 0.3) is 0 Å². The molecule has 1 nitrogen and oxygen atoms in total. The first kappa shape index (κ1) is 12.9. The Morgan fingerprint density at radius 1 is 1.16 bits per heavy atom. The standard InChI is InChI=1S/C15H13FOS2/c16-13-6-2-4-8-15(13)19(17)10-11-9-18-14-7-3-1-5-12(11)14/h1-8,11H,9-10H2. The van der Waals surface area contributed by atoms with Gasteiger partial charge in [-0.1, -0.05) is 30.3 Å². The number of thioether (sulfide) groups is 1. The van der Waals surface area contributed by atoms with E-state index in [0.717, 1.165) is 5.75 Å². The van der Waals surface area contributed by atoms with Gasteiger partial charge in [0, 0.05) is 22.3 Å². The lowest BCUT2D eigenvalue weighted by Gasteiger charge is -2.10. The zero-order valence-corrected chi connectivity index (χ0v) is 11.8. The Labute approximate surface area is 118 Å². The molecular formula is C15H13FOS2. The van der Waals surface area contributed by atoms with Gasteiger partial charge in [-0.05, 0) is 23.8 Å². The average molecular weight is 292 g/mol. The van der Waals surface area contributed by atoms with Crippen LogP contribution in [0.2, 0.25) is 0 Å². The Hall–Kier alpha value is -1.13. The second-order valence-electron chi connectivity index (χ2n) is 4.49. The summed E-state index contributed by atoms with van der Waals surface area (Å²) in [6, 6.07) is 14.5. The molecule has 0 saturated carbocycles. The van der Waals surface area contributed by atoms with Gasteiger partial charge < -0.3 is 0 Å². The molecule has 0 aromatic heterocycles. The average Bonchev–Trinajstić information content (AvgIpc) is 2.83. The monoisotopic (exact) mass is 292 g/mol. The molecule has 0 N–H and O–H groups in total. The molecule has 98 valence electrons. The first-order valence-electron chi connectivity index (χ1n) is 6.10. The molecule has 0 bridgehead atoms. The zero-order valence-electron chi connectivity index (χ0n) is 10.2. The Morgan fingerprint density at radius 3 is 2.74 bits per heavy atom. The Bertz CT molecular complexity index is 627. The van der Waals surface area contributed by atoms with Gasteiger partial charge in [-0.25, -0.2) is 4.39 Å². The molecule has 2 atom stereocenters. The van der Waals surface area contributed by atoms with Crippen LogP contribution in [-0.2, 0) is 10.8 Å². The van der Waals surface area contributed by atoms with Crippen LogP contribution in [0.15, 0.2) is 58.3 Å². The van der Waals surface area contributed by atoms with Crippen molar-refractivity contribution in [3.63, 3.8) is 0 Å². The molecule has 1 heterocycles. The SMILES string of the molecule is O=S(CC1CSc2ccccc21)c1ccccc1F. The number of fused-ring (bicyclic) bond motifs is 1. The normalized spacial score (nSPS) is 19.1. The molecule has 1 aliphatic rings. The fourth-order valence-corrected chi connectivity index (χ4v) is 5.03. The van der Waals surface area contributed by atoms with Crippen LogP contribution >= 0.6 is 11.8 Å². The van der Waals surface area contributed by atoms with E-state index in [1.165, 1.54) is 16.5 Å². The highest BCUT2D eigenvalue weighted by Gasteiger charge is 2.25. The van der Waals surface area contributed by atoms with Crippen molar-refractivity contribution in [1.29, 1.82) is 0 Å². The van der Waals surface area contributed by atoms with E-state index in [9.17, 15) is 8.60 Å². The summed E-state index contributed by atoms with van der Waals surface area (Å²) in [6.07, 6.45) is 0. The second kappa shape index (κ2) is 5.47. The largest absolute Gasteiger partial charge is 0.254 e. The summed E-state index contributed by atoms with van der Waals surface area (Å²) < 4.78 is 25.9. The van der Waals surface area contributed by atoms with Crippen LogP contribution in [0, 0.1) is 5.82 Å². The van der Waals surface area contributed by atoms with E-state index in [-0.39, 0.29) is 11.7 Å². The number of hydrogen-bond donors (Lipinski definition) is 0. The van der Waals surface area contributed by atoms with Gasteiger partial charge in [-0.3, -0.25) is 4.21 Å². The molecule has 2 aromatic carbocycles. The fourth-order valence-electron chi connectivity index (χ4n) is 2.27. The minimum absolute atomic E-state index is 0.252. The van der Waals surface area contributed by atoms with Gasteiger partial charge in [-0.15, -0.1) is 11.8 Å². The first-order chi connectivity index (χ1) is 9.25. The maximum atomic E-state index is 13.6. The number of rotatable bonds is 3. The lowest BCUT2D eigenvalue weighted by molar-refractivity contribution is 0.594. The van der Waals surface area contributed by atoms with Gasteiger partial charge in [0.2, 0.25) is 0 Å². The van der Waals surface area contributed by atoms with Crippen LogP contribution in [0.1, 0.15) is 11.5 Å². The second-order valence-corrected chi connectivity index (χ2v) is 7.01. The quantitative estimate of drug-likeness (QED) is 0.855. The Kier molecular flexibility index (Phi) is 3.71. The third-order valence-electron chi connectivity index (χ3n) is 3.23. The highest BCUT2D eigenvalue weighted by atomic mass is 32.2. The van der Waals surface area contributed by atoms with E-state index in [2.05, 4.69) is 12.1 Å². The predicted molar refractivity (Wildman–Crippen MR) is 77.6 cm³/mol. The minimum atomic E-state index is -1.28. The summed E-state index contributed by atoms with van der Waals surface area (Å²) >= 11 is 1.79. The molecule has 0 saturated heterocycles. The Morgan fingerprint density at radius 2 is 1.89 bits per heavy atom. The van der Waals surface area contributed by atoms with Crippen molar-refractivity contribution >= 4 is 22.6 Å². The highest BCUT2D eigenvalue weighted by molar-refractivity contribution is 7.99. The van der Waals surface area contributed by atoms with Gasteiger partial charge >= 0.3 is 0 Å². The first-order valence-corrected chi connectivity index (χ1v) is 8.41. The van der Waals surface area contributed by atoms with Crippen molar-refractivity contribution in [2.75, 3.05) is 11.5 Å². The fraction of sp³-hybridized carbons (Fsp3) is 0.200. The summed E-state index contributed by atoms with van der Waals surface area (Å²) in [5.41, 5.74) is 1.25. The lowest BCUT2D eigenvalue weighted by atomic mass is 10.0. The summed E-state index contributed by atoms with van der Waals surface area (Å²) in [7, 11) is -1.28. The van der Waals surface area contributed by atoms with Crippen molar-refractivity contribution in [1.82, 2.24) is 0 Å². The van der Waals surface area contributed by atoms with Crippen molar-refractivity contribution in [2.24, 2.45) is 0 Å². The molecule has 2 aromatic rings. The lowest BCUT2D eigenvalue weighted by Crippen LogP contribution is -2.10. The highest BCUT2D eigenvalue weighted by Crippen LogP contribution is 2.40. The Balaban J connectivity index is 1.81. The molecule has 4 heteroatoms. The van der Waals surface area contributed by atoms with Crippen LogP contribution in [0.3, 0.4) is 0 Å². The zero-order chi connectivity index (χ0) is 13.2. The van der Waals surface area contributed by atoms with Gasteiger partial charge in [0.15, 0.2) is 0 Å². The van der Waals surface area contributed by atoms with Gasteiger partial charge in [0.05, 0.1) is 15.7 Å². The molecular weight excluding hydrogens is 279 g/mol.